The van der Waals surface area contributed by atoms with E-state index in [1.54, 1.807) is 14.2 Å². The highest BCUT2D eigenvalue weighted by Crippen LogP contribution is 2.44. The topological polar surface area (TPSA) is 44.8 Å². The zero-order chi connectivity index (χ0) is 12.2. The molecular formula is C12H22O4. The van der Waals surface area contributed by atoms with Crippen LogP contribution in [0.3, 0.4) is 0 Å². The molecule has 0 radical (unpaired) electrons. The lowest BCUT2D eigenvalue weighted by atomic mass is 9.94. The van der Waals surface area contributed by atoms with Gasteiger partial charge in [-0.3, -0.25) is 4.79 Å². The van der Waals surface area contributed by atoms with Crippen molar-refractivity contribution in [2.75, 3.05) is 20.8 Å². The zero-order valence-electron chi connectivity index (χ0n) is 10.6. The van der Waals surface area contributed by atoms with Crippen LogP contribution in [0, 0.1) is 11.8 Å². The lowest BCUT2D eigenvalue weighted by Gasteiger charge is -2.25. The molecule has 16 heavy (non-hydrogen) atoms. The minimum atomic E-state index is -0.599. The summed E-state index contributed by atoms with van der Waals surface area (Å²) >= 11 is 0. The number of methoxy groups -OCH3 is 2. The third kappa shape index (κ3) is 2.55. The highest BCUT2D eigenvalue weighted by Gasteiger charge is 2.48. The van der Waals surface area contributed by atoms with Crippen LogP contribution in [0.1, 0.15) is 33.1 Å². The number of esters is 1. The first-order chi connectivity index (χ1) is 7.62. The van der Waals surface area contributed by atoms with Crippen LogP contribution in [0.2, 0.25) is 0 Å². The Labute approximate surface area is 97.2 Å². The predicted octanol–water partition coefficient (Wildman–Crippen LogP) is 1.97. The van der Waals surface area contributed by atoms with E-state index in [0.717, 1.165) is 12.8 Å². The van der Waals surface area contributed by atoms with Crippen molar-refractivity contribution in [3.63, 3.8) is 0 Å². The average molecular weight is 230 g/mol. The van der Waals surface area contributed by atoms with Gasteiger partial charge in [-0.1, -0.05) is 13.3 Å². The fourth-order valence-electron chi connectivity index (χ4n) is 2.50. The minimum absolute atomic E-state index is 0.0927. The molecule has 1 rings (SSSR count). The lowest BCUT2D eigenvalue weighted by molar-refractivity contribution is -0.205. The third-order valence-corrected chi connectivity index (χ3v) is 3.53. The molecular weight excluding hydrogens is 208 g/mol. The molecule has 0 bridgehead atoms. The van der Waals surface area contributed by atoms with Crippen molar-refractivity contribution < 1.29 is 19.0 Å². The fourth-order valence-corrected chi connectivity index (χ4v) is 2.50. The van der Waals surface area contributed by atoms with Gasteiger partial charge < -0.3 is 14.2 Å². The van der Waals surface area contributed by atoms with Crippen LogP contribution in [0.4, 0.5) is 0 Å². The second-order valence-corrected chi connectivity index (χ2v) is 4.25. The van der Waals surface area contributed by atoms with Gasteiger partial charge in [0.15, 0.2) is 5.79 Å². The first kappa shape index (κ1) is 13.5. The largest absolute Gasteiger partial charge is 0.466 e. The highest BCUT2D eigenvalue weighted by molar-refractivity contribution is 5.73. The van der Waals surface area contributed by atoms with E-state index in [0.29, 0.717) is 18.9 Å². The summed E-state index contributed by atoms with van der Waals surface area (Å²) in [7, 11) is 3.26. The Bertz CT molecular complexity index is 235. The van der Waals surface area contributed by atoms with E-state index in [2.05, 4.69) is 6.92 Å². The second kappa shape index (κ2) is 5.64. The minimum Gasteiger partial charge on any atom is -0.466 e. The summed E-state index contributed by atoms with van der Waals surface area (Å²) in [5.74, 6) is -0.521. The Kier molecular flexibility index (Phi) is 4.74. The van der Waals surface area contributed by atoms with Crippen molar-refractivity contribution in [2.24, 2.45) is 11.8 Å². The molecule has 0 spiro atoms. The van der Waals surface area contributed by atoms with Gasteiger partial charge >= 0.3 is 5.97 Å². The average Bonchev–Trinajstić information content (AvgIpc) is 2.69. The second-order valence-electron chi connectivity index (χ2n) is 4.25. The fraction of sp³-hybridized carbons (Fsp3) is 0.917. The normalized spacial score (nSPS) is 28.0. The number of hydrogen-bond donors (Lipinski definition) is 0. The molecule has 0 N–H and O–H groups in total. The summed E-state index contributed by atoms with van der Waals surface area (Å²) in [5, 5.41) is 0. The molecule has 0 aromatic heterocycles. The lowest BCUT2D eigenvalue weighted by Crippen LogP contribution is -2.31. The van der Waals surface area contributed by atoms with Crippen molar-refractivity contribution in [1.29, 1.82) is 0 Å². The number of rotatable bonds is 5. The number of carbonyl (C=O) groups excluding carboxylic acids is 1. The molecule has 4 nitrogen and oxygen atoms in total. The van der Waals surface area contributed by atoms with E-state index in [4.69, 9.17) is 14.2 Å². The third-order valence-electron chi connectivity index (χ3n) is 3.53. The Hall–Kier alpha value is -0.610. The Balaban J connectivity index is 2.74. The Morgan fingerprint density at radius 1 is 1.25 bits per heavy atom. The first-order valence-corrected chi connectivity index (χ1v) is 5.89. The molecule has 1 aliphatic rings. The maximum absolute atomic E-state index is 11.8. The van der Waals surface area contributed by atoms with Gasteiger partial charge in [-0.2, -0.15) is 0 Å². The molecule has 0 saturated heterocycles. The predicted molar refractivity (Wildman–Crippen MR) is 59.9 cm³/mol. The van der Waals surface area contributed by atoms with E-state index >= 15 is 0 Å². The smallest absolute Gasteiger partial charge is 0.309 e. The summed E-state index contributed by atoms with van der Waals surface area (Å²) < 4.78 is 15.9. The molecule has 0 heterocycles. The zero-order valence-corrected chi connectivity index (χ0v) is 10.6. The van der Waals surface area contributed by atoms with Gasteiger partial charge in [0.05, 0.1) is 12.5 Å². The van der Waals surface area contributed by atoms with E-state index < -0.39 is 5.79 Å². The molecule has 0 aliphatic heterocycles. The number of ether oxygens (including phenoxy) is 3. The number of carbonyl (C=O) groups is 1. The molecule has 0 amide bonds. The molecule has 0 aromatic carbocycles. The van der Waals surface area contributed by atoms with Crippen molar-refractivity contribution >= 4 is 5.97 Å². The SMILES string of the molecule is CCOC(=O)C1CC(OC)(OC)CC1CC. The van der Waals surface area contributed by atoms with Crippen LogP contribution >= 0.6 is 0 Å². The molecule has 1 saturated carbocycles. The van der Waals surface area contributed by atoms with Crippen LogP contribution in [-0.4, -0.2) is 32.6 Å². The summed E-state index contributed by atoms with van der Waals surface area (Å²) in [6.45, 7) is 4.34. The van der Waals surface area contributed by atoms with Gasteiger partial charge in [0, 0.05) is 27.1 Å². The van der Waals surface area contributed by atoms with Gasteiger partial charge in [0.1, 0.15) is 0 Å². The van der Waals surface area contributed by atoms with Gasteiger partial charge in [0.25, 0.3) is 0 Å². The van der Waals surface area contributed by atoms with E-state index in [1.807, 2.05) is 6.92 Å². The van der Waals surface area contributed by atoms with Crippen LogP contribution < -0.4 is 0 Å². The summed E-state index contributed by atoms with van der Waals surface area (Å²) in [5.41, 5.74) is 0. The van der Waals surface area contributed by atoms with Crippen LogP contribution in [0.15, 0.2) is 0 Å². The summed E-state index contributed by atoms with van der Waals surface area (Å²) in [6, 6.07) is 0. The Morgan fingerprint density at radius 3 is 2.31 bits per heavy atom. The van der Waals surface area contributed by atoms with Gasteiger partial charge in [-0.05, 0) is 12.8 Å². The first-order valence-electron chi connectivity index (χ1n) is 5.89. The van der Waals surface area contributed by atoms with Crippen LogP contribution in [-0.2, 0) is 19.0 Å². The molecule has 94 valence electrons. The van der Waals surface area contributed by atoms with E-state index in [1.165, 1.54) is 0 Å². The van der Waals surface area contributed by atoms with E-state index in [-0.39, 0.29) is 11.9 Å². The quantitative estimate of drug-likeness (QED) is 0.535. The molecule has 1 aliphatic carbocycles. The molecule has 1 fully saturated rings. The van der Waals surface area contributed by atoms with Gasteiger partial charge in [-0.25, -0.2) is 0 Å². The van der Waals surface area contributed by atoms with E-state index in [9.17, 15) is 4.79 Å². The van der Waals surface area contributed by atoms with Crippen molar-refractivity contribution in [1.82, 2.24) is 0 Å². The highest BCUT2D eigenvalue weighted by atomic mass is 16.7. The number of hydrogen-bond acceptors (Lipinski definition) is 4. The van der Waals surface area contributed by atoms with Crippen molar-refractivity contribution in [2.45, 2.75) is 38.9 Å². The Morgan fingerprint density at radius 2 is 1.88 bits per heavy atom. The maximum Gasteiger partial charge on any atom is 0.309 e. The summed E-state index contributed by atoms with van der Waals surface area (Å²) in [4.78, 5) is 11.8. The monoisotopic (exact) mass is 230 g/mol. The molecule has 4 heteroatoms. The standard InChI is InChI=1S/C12H22O4/c1-5-9-7-12(14-3,15-4)8-10(9)11(13)16-6-2/h9-10H,5-8H2,1-4H3. The summed E-state index contributed by atoms with van der Waals surface area (Å²) in [6.07, 6.45) is 2.30. The van der Waals surface area contributed by atoms with Crippen LogP contribution in [0.5, 0.6) is 0 Å². The maximum atomic E-state index is 11.8. The van der Waals surface area contributed by atoms with Crippen molar-refractivity contribution in [3.8, 4) is 0 Å². The van der Waals surface area contributed by atoms with Gasteiger partial charge in [0.2, 0.25) is 0 Å². The molecule has 2 atom stereocenters. The molecule has 0 aromatic rings. The van der Waals surface area contributed by atoms with Crippen molar-refractivity contribution in [3.05, 3.63) is 0 Å². The van der Waals surface area contributed by atoms with Gasteiger partial charge in [-0.15, -0.1) is 0 Å². The van der Waals surface area contributed by atoms with Crippen LogP contribution in [0.25, 0.3) is 0 Å². The molecule has 2 unspecified atom stereocenters.